The van der Waals surface area contributed by atoms with Crippen molar-refractivity contribution in [2.75, 3.05) is 13.7 Å². The van der Waals surface area contributed by atoms with Crippen molar-refractivity contribution < 1.29 is 17.9 Å². The van der Waals surface area contributed by atoms with Gasteiger partial charge in [0.1, 0.15) is 0 Å². The van der Waals surface area contributed by atoms with Crippen molar-refractivity contribution in [2.45, 2.75) is 50.9 Å². The van der Waals surface area contributed by atoms with Gasteiger partial charge >= 0.3 is 6.09 Å². The van der Waals surface area contributed by atoms with Crippen LogP contribution in [-0.2, 0) is 27.1 Å². The fraction of sp³-hybridized carbons (Fsp3) is 0.588. The quantitative estimate of drug-likeness (QED) is 0.817. The van der Waals surface area contributed by atoms with Crippen molar-refractivity contribution in [3.8, 4) is 0 Å². The van der Waals surface area contributed by atoms with Gasteiger partial charge in [0.15, 0.2) is 0 Å². The number of benzene rings is 1. The van der Waals surface area contributed by atoms with Crippen LogP contribution in [0, 0.1) is 0 Å². The Kier molecular flexibility index (Phi) is 6.62. The van der Waals surface area contributed by atoms with Crippen LogP contribution in [0.4, 0.5) is 4.79 Å². The molecular weight excluding hydrogens is 328 g/mol. The lowest BCUT2D eigenvalue weighted by atomic mass is 10.1. The van der Waals surface area contributed by atoms with Crippen LogP contribution in [0.3, 0.4) is 0 Å². The highest BCUT2D eigenvalue weighted by Crippen LogP contribution is 2.19. The number of hydrogen-bond acceptors (Lipinski definition) is 4. The van der Waals surface area contributed by atoms with Crippen molar-refractivity contribution >= 4 is 16.1 Å². The van der Waals surface area contributed by atoms with Crippen molar-refractivity contribution in [3.63, 3.8) is 0 Å². The van der Waals surface area contributed by atoms with E-state index >= 15 is 0 Å². The highest BCUT2D eigenvalue weighted by molar-refractivity contribution is 7.88. The summed E-state index contributed by atoms with van der Waals surface area (Å²) in [5.41, 5.74) is 1.67. The van der Waals surface area contributed by atoms with E-state index < -0.39 is 10.0 Å². The van der Waals surface area contributed by atoms with E-state index in [1.54, 1.807) is 26.1 Å². The lowest BCUT2D eigenvalue weighted by molar-refractivity contribution is 0.114. The van der Waals surface area contributed by atoms with Crippen LogP contribution in [0.15, 0.2) is 24.3 Å². The maximum atomic E-state index is 12.2. The summed E-state index contributed by atoms with van der Waals surface area (Å²) < 4.78 is 32.1. The van der Waals surface area contributed by atoms with Crippen LogP contribution in [0.25, 0.3) is 0 Å². The molecule has 0 saturated heterocycles. The molecule has 134 valence electrons. The molecule has 0 bridgehead atoms. The largest absolute Gasteiger partial charge is 0.450 e. The summed E-state index contributed by atoms with van der Waals surface area (Å²) in [6.07, 6.45) is 3.67. The Hall–Kier alpha value is -1.60. The van der Waals surface area contributed by atoms with Gasteiger partial charge in [-0.2, -0.15) is 0 Å². The fourth-order valence-electron chi connectivity index (χ4n) is 2.87. The third-order valence-corrected chi connectivity index (χ3v) is 5.49. The molecular formula is C17H26N2O4S. The topological polar surface area (TPSA) is 75.7 Å². The number of amides is 1. The zero-order chi connectivity index (χ0) is 17.6. The van der Waals surface area contributed by atoms with Crippen LogP contribution >= 0.6 is 0 Å². The van der Waals surface area contributed by atoms with Crippen LogP contribution in [-0.4, -0.2) is 39.1 Å². The molecule has 1 N–H and O–H groups in total. The van der Waals surface area contributed by atoms with Gasteiger partial charge in [-0.15, -0.1) is 0 Å². The van der Waals surface area contributed by atoms with E-state index in [0.29, 0.717) is 13.2 Å². The molecule has 1 aliphatic rings. The second-order valence-corrected chi connectivity index (χ2v) is 7.98. The maximum absolute atomic E-state index is 12.2. The third kappa shape index (κ3) is 5.79. The van der Waals surface area contributed by atoms with Gasteiger partial charge in [0, 0.05) is 19.6 Å². The number of nitrogens with zero attached hydrogens (tertiary/aromatic N) is 1. The van der Waals surface area contributed by atoms with Crippen molar-refractivity contribution in [1.82, 2.24) is 9.62 Å². The molecule has 0 atom stereocenters. The fourth-order valence-corrected chi connectivity index (χ4v) is 4.33. The molecule has 7 heteroatoms. The second-order valence-electron chi connectivity index (χ2n) is 6.23. The van der Waals surface area contributed by atoms with Crippen molar-refractivity contribution in [2.24, 2.45) is 0 Å². The molecule has 0 radical (unpaired) electrons. The third-order valence-electron chi connectivity index (χ3n) is 4.08. The Labute approximate surface area is 144 Å². The molecule has 1 aromatic rings. The van der Waals surface area contributed by atoms with Crippen LogP contribution < -0.4 is 4.72 Å². The number of ether oxygens (including phenoxy) is 1. The molecule has 0 aromatic heterocycles. The van der Waals surface area contributed by atoms with Crippen molar-refractivity contribution in [1.29, 1.82) is 0 Å². The number of carbonyl (C=O) groups excluding carboxylic acids is 1. The summed E-state index contributed by atoms with van der Waals surface area (Å²) in [4.78, 5) is 13.1. The smallest absolute Gasteiger partial charge is 0.409 e. The summed E-state index contributed by atoms with van der Waals surface area (Å²) in [5.74, 6) is -0.0164. The molecule has 0 aliphatic heterocycles. The Morgan fingerprint density at radius 2 is 1.79 bits per heavy atom. The highest BCUT2D eigenvalue weighted by Gasteiger charge is 2.21. The Bertz CT molecular complexity index is 637. The summed E-state index contributed by atoms with van der Waals surface area (Å²) in [7, 11) is -1.64. The zero-order valence-electron chi connectivity index (χ0n) is 14.3. The van der Waals surface area contributed by atoms with E-state index in [4.69, 9.17) is 4.74 Å². The van der Waals surface area contributed by atoms with E-state index in [0.717, 1.165) is 36.8 Å². The standard InChI is InChI=1S/C17H26N2O4S/c1-3-23-17(20)19(2)12-14-8-10-15(11-9-14)13-24(21,22)18-16-6-4-5-7-16/h8-11,16,18H,3-7,12-13H2,1-2H3. The first-order chi connectivity index (χ1) is 11.4. The van der Waals surface area contributed by atoms with Gasteiger partial charge in [0.2, 0.25) is 10.0 Å². The lowest BCUT2D eigenvalue weighted by Gasteiger charge is -2.16. The molecule has 1 aromatic carbocycles. The molecule has 1 saturated carbocycles. The Balaban J connectivity index is 1.90. The van der Waals surface area contributed by atoms with Gasteiger partial charge < -0.3 is 9.64 Å². The molecule has 0 spiro atoms. The van der Waals surface area contributed by atoms with E-state index in [9.17, 15) is 13.2 Å². The van der Waals surface area contributed by atoms with Gasteiger partial charge in [-0.05, 0) is 30.9 Å². The molecule has 0 heterocycles. The highest BCUT2D eigenvalue weighted by atomic mass is 32.2. The minimum absolute atomic E-state index is 0.0164. The number of carbonyl (C=O) groups is 1. The molecule has 2 rings (SSSR count). The monoisotopic (exact) mass is 354 g/mol. The lowest BCUT2D eigenvalue weighted by Crippen LogP contribution is -2.33. The van der Waals surface area contributed by atoms with E-state index in [1.807, 2.05) is 12.1 Å². The average Bonchev–Trinajstić information content (AvgIpc) is 3.01. The first-order valence-electron chi connectivity index (χ1n) is 8.35. The van der Waals surface area contributed by atoms with Crippen LogP contribution in [0.5, 0.6) is 0 Å². The van der Waals surface area contributed by atoms with Gasteiger partial charge in [-0.3, -0.25) is 0 Å². The Morgan fingerprint density at radius 1 is 1.21 bits per heavy atom. The minimum atomic E-state index is -3.31. The summed E-state index contributed by atoms with van der Waals surface area (Å²) >= 11 is 0. The van der Waals surface area contributed by atoms with E-state index in [2.05, 4.69) is 4.72 Å². The maximum Gasteiger partial charge on any atom is 0.409 e. The predicted octanol–water partition coefficient (Wildman–Crippen LogP) is 2.64. The van der Waals surface area contributed by atoms with Crippen molar-refractivity contribution in [3.05, 3.63) is 35.4 Å². The normalized spacial score (nSPS) is 15.4. The van der Waals surface area contributed by atoms with Gasteiger partial charge in [-0.25, -0.2) is 17.9 Å². The Morgan fingerprint density at radius 3 is 2.38 bits per heavy atom. The summed E-state index contributed by atoms with van der Waals surface area (Å²) in [6, 6.07) is 7.36. The molecule has 6 nitrogen and oxygen atoms in total. The number of nitrogens with one attached hydrogen (secondary N) is 1. The number of hydrogen-bond donors (Lipinski definition) is 1. The number of sulfonamides is 1. The van der Waals surface area contributed by atoms with Crippen LogP contribution in [0.1, 0.15) is 43.7 Å². The van der Waals surface area contributed by atoms with Crippen LogP contribution in [0.2, 0.25) is 0 Å². The SMILES string of the molecule is CCOC(=O)N(C)Cc1ccc(CS(=O)(=O)NC2CCCC2)cc1. The van der Waals surface area contributed by atoms with Gasteiger partial charge in [0.05, 0.1) is 12.4 Å². The average molecular weight is 354 g/mol. The summed E-state index contributed by atoms with van der Waals surface area (Å²) in [5, 5.41) is 0. The second kappa shape index (κ2) is 8.48. The van der Waals surface area contributed by atoms with E-state index in [1.165, 1.54) is 4.90 Å². The zero-order valence-corrected chi connectivity index (χ0v) is 15.1. The first-order valence-corrected chi connectivity index (χ1v) is 10.0. The molecule has 1 amide bonds. The number of rotatable bonds is 7. The molecule has 1 aliphatic carbocycles. The molecule has 0 unspecified atom stereocenters. The molecule has 1 fully saturated rings. The molecule has 24 heavy (non-hydrogen) atoms. The first kappa shape index (κ1) is 18.7. The summed E-state index contributed by atoms with van der Waals surface area (Å²) in [6.45, 7) is 2.53. The minimum Gasteiger partial charge on any atom is -0.450 e. The van der Waals surface area contributed by atoms with E-state index in [-0.39, 0.29) is 17.9 Å². The van der Waals surface area contributed by atoms with Gasteiger partial charge in [-0.1, -0.05) is 37.1 Å². The predicted molar refractivity (Wildman–Crippen MR) is 92.9 cm³/mol. The van der Waals surface area contributed by atoms with Gasteiger partial charge in [0.25, 0.3) is 0 Å².